The maximum absolute atomic E-state index is 5.14. The maximum atomic E-state index is 5.14. The summed E-state index contributed by atoms with van der Waals surface area (Å²) >= 11 is 0. The van der Waals surface area contributed by atoms with Gasteiger partial charge in [0.15, 0.2) is 0 Å². The molecule has 0 amide bonds. The molecule has 1 aromatic carbocycles. The normalized spacial score (nSPS) is 12.4. The van der Waals surface area contributed by atoms with Gasteiger partial charge in [-0.25, -0.2) is 0 Å². The van der Waals surface area contributed by atoms with Crippen LogP contribution in [0.1, 0.15) is 24.1 Å². The molecule has 1 atom stereocenters. The van der Waals surface area contributed by atoms with Gasteiger partial charge in [0.05, 0.1) is 13.3 Å². The molecule has 0 fully saturated rings. The molecule has 1 aromatic heterocycles. The number of aromatic nitrogens is 2. The second-order valence-corrected chi connectivity index (χ2v) is 4.40. The molecule has 1 N–H and O–H groups in total. The topological polar surface area (TPSA) is 39.1 Å². The van der Waals surface area contributed by atoms with Crippen LogP contribution in [0.3, 0.4) is 0 Å². The van der Waals surface area contributed by atoms with E-state index in [-0.39, 0.29) is 0 Å². The molecule has 0 aliphatic rings. The number of nitrogens with zero attached hydrogens (tertiary/aromatic N) is 2. The maximum Gasteiger partial charge on any atom is 0.118 e. The van der Waals surface area contributed by atoms with E-state index < -0.39 is 0 Å². The molecular weight excluding hydrogens is 226 g/mol. The van der Waals surface area contributed by atoms with Gasteiger partial charge in [0.1, 0.15) is 5.75 Å². The Morgan fingerprint density at radius 2 is 2.06 bits per heavy atom. The number of methoxy groups -OCH3 is 1. The molecule has 0 bridgehead atoms. The second-order valence-electron chi connectivity index (χ2n) is 4.40. The Balaban J connectivity index is 1.90. The van der Waals surface area contributed by atoms with Crippen LogP contribution in [-0.2, 0) is 13.6 Å². The molecule has 2 rings (SSSR count). The lowest BCUT2D eigenvalue weighted by molar-refractivity contribution is 0.414. The predicted molar refractivity (Wildman–Crippen MR) is 71.5 cm³/mol. The van der Waals surface area contributed by atoms with E-state index in [1.54, 1.807) is 7.11 Å². The van der Waals surface area contributed by atoms with Gasteiger partial charge in [0.2, 0.25) is 0 Å². The third kappa shape index (κ3) is 3.11. The Hall–Kier alpha value is -1.81. The first-order chi connectivity index (χ1) is 8.69. The first-order valence-corrected chi connectivity index (χ1v) is 6.04. The summed E-state index contributed by atoms with van der Waals surface area (Å²) in [5, 5.41) is 7.65. The van der Waals surface area contributed by atoms with Gasteiger partial charge in [-0.1, -0.05) is 12.1 Å². The molecule has 1 unspecified atom stereocenters. The quantitative estimate of drug-likeness (QED) is 0.878. The smallest absolute Gasteiger partial charge is 0.118 e. The number of hydrogen-bond donors (Lipinski definition) is 1. The Bertz CT molecular complexity index is 490. The summed E-state index contributed by atoms with van der Waals surface area (Å²) in [6.07, 6.45) is 3.93. The highest BCUT2D eigenvalue weighted by molar-refractivity contribution is 5.27. The van der Waals surface area contributed by atoms with Crippen molar-refractivity contribution in [2.75, 3.05) is 7.11 Å². The van der Waals surface area contributed by atoms with Crippen LogP contribution in [0.25, 0.3) is 0 Å². The zero-order valence-corrected chi connectivity index (χ0v) is 11.1. The summed E-state index contributed by atoms with van der Waals surface area (Å²) < 4.78 is 6.96. The Labute approximate surface area is 108 Å². The van der Waals surface area contributed by atoms with Crippen molar-refractivity contribution < 1.29 is 4.74 Å². The zero-order valence-electron chi connectivity index (χ0n) is 11.1. The van der Waals surface area contributed by atoms with Gasteiger partial charge in [0, 0.05) is 31.4 Å². The van der Waals surface area contributed by atoms with E-state index in [1.807, 2.05) is 36.3 Å². The summed E-state index contributed by atoms with van der Waals surface area (Å²) in [4.78, 5) is 0. The standard InChI is InChI=1S/C14H19N3O/c1-11(13-9-16-17(2)10-13)15-8-12-4-6-14(18-3)7-5-12/h4-7,9-11,15H,8H2,1-3H3. The van der Waals surface area contributed by atoms with Crippen molar-refractivity contribution in [3.63, 3.8) is 0 Å². The fraction of sp³-hybridized carbons (Fsp3) is 0.357. The summed E-state index contributed by atoms with van der Waals surface area (Å²) in [6, 6.07) is 8.39. The van der Waals surface area contributed by atoms with Crippen LogP contribution in [-0.4, -0.2) is 16.9 Å². The molecule has 0 saturated heterocycles. The van der Waals surface area contributed by atoms with Crippen molar-refractivity contribution in [1.29, 1.82) is 0 Å². The average molecular weight is 245 g/mol. The Kier molecular flexibility index (Phi) is 3.99. The lowest BCUT2D eigenvalue weighted by Gasteiger charge is -2.12. The van der Waals surface area contributed by atoms with Crippen molar-refractivity contribution in [1.82, 2.24) is 15.1 Å². The summed E-state index contributed by atoms with van der Waals surface area (Å²) in [5.74, 6) is 0.888. The first kappa shape index (κ1) is 12.6. The van der Waals surface area contributed by atoms with Crippen LogP contribution in [0.5, 0.6) is 5.75 Å². The largest absolute Gasteiger partial charge is 0.497 e. The fourth-order valence-electron chi connectivity index (χ4n) is 1.80. The minimum absolute atomic E-state index is 0.292. The first-order valence-electron chi connectivity index (χ1n) is 6.04. The highest BCUT2D eigenvalue weighted by Crippen LogP contribution is 2.14. The molecule has 0 radical (unpaired) electrons. The highest BCUT2D eigenvalue weighted by Gasteiger charge is 2.06. The molecule has 4 heteroatoms. The number of hydrogen-bond acceptors (Lipinski definition) is 3. The van der Waals surface area contributed by atoms with Crippen molar-refractivity contribution in [3.05, 3.63) is 47.8 Å². The number of rotatable bonds is 5. The van der Waals surface area contributed by atoms with Crippen molar-refractivity contribution in [2.24, 2.45) is 7.05 Å². The van der Waals surface area contributed by atoms with Crippen LogP contribution < -0.4 is 10.1 Å². The number of ether oxygens (including phenoxy) is 1. The summed E-state index contributed by atoms with van der Waals surface area (Å²) in [5.41, 5.74) is 2.44. The van der Waals surface area contributed by atoms with Gasteiger partial charge in [-0.05, 0) is 24.6 Å². The molecule has 0 aliphatic carbocycles. The average Bonchev–Trinajstić information content (AvgIpc) is 2.83. The number of nitrogens with one attached hydrogen (secondary N) is 1. The highest BCUT2D eigenvalue weighted by atomic mass is 16.5. The monoisotopic (exact) mass is 245 g/mol. The Morgan fingerprint density at radius 1 is 1.33 bits per heavy atom. The fourth-order valence-corrected chi connectivity index (χ4v) is 1.80. The van der Waals surface area contributed by atoms with Gasteiger partial charge in [-0.15, -0.1) is 0 Å². The van der Waals surface area contributed by atoms with E-state index in [9.17, 15) is 0 Å². The van der Waals surface area contributed by atoms with Crippen LogP contribution in [0, 0.1) is 0 Å². The third-order valence-corrected chi connectivity index (χ3v) is 3.00. The number of benzene rings is 1. The van der Waals surface area contributed by atoms with E-state index in [4.69, 9.17) is 4.74 Å². The second kappa shape index (κ2) is 5.69. The van der Waals surface area contributed by atoms with Gasteiger partial charge in [-0.3, -0.25) is 4.68 Å². The van der Waals surface area contributed by atoms with Crippen LogP contribution in [0.15, 0.2) is 36.7 Å². The lowest BCUT2D eigenvalue weighted by atomic mass is 10.1. The van der Waals surface area contributed by atoms with E-state index in [0.29, 0.717) is 6.04 Å². The Morgan fingerprint density at radius 3 is 2.61 bits per heavy atom. The lowest BCUT2D eigenvalue weighted by Crippen LogP contribution is -2.17. The summed E-state index contributed by atoms with van der Waals surface area (Å²) in [7, 11) is 3.61. The molecule has 2 aromatic rings. The SMILES string of the molecule is COc1ccc(CNC(C)c2cnn(C)c2)cc1. The number of aryl methyl sites for hydroxylation is 1. The van der Waals surface area contributed by atoms with Crippen molar-refractivity contribution in [2.45, 2.75) is 19.5 Å². The summed E-state index contributed by atoms with van der Waals surface area (Å²) in [6.45, 7) is 2.97. The molecule has 0 aliphatic heterocycles. The van der Waals surface area contributed by atoms with Gasteiger partial charge >= 0.3 is 0 Å². The molecule has 18 heavy (non-hydrogen) atoms. The van der Waals surface area contributed by atoms with Gasteiger partial charge in [0.25, 0.3) is 0 Å². The minimum Gasteiger partial charge on any atom is -0.497 e. The van der Waals surface area contributed by atoms with Gasteiger partial charge < -0.3 is 10.1 Å². The van der Waals surface area contributed by atoms with Crippen LogP contribution in [0.2, 0.25) is 0 Å². The van der Waals surface area contributed by atoms with E-state index >= 15 is 0 Å². The van der Waals surface area contributed by atoms with E-state index in [1.165, 1.54) is 11.1 Å². The van der Waals surface area contributed by atoms with E-state index in [0.717, 1.165) is 12.3 Å². The molecule has 0 spiro atoms. The zero-order chi connectivity index (χ0) is 13.0. The minimum atomic E-state index is 0.292. The molecular formula is C14H19N3O. The van der Waals surface area contributed by atoms with Crippen molar-refractivity contribution in [3.8, 4) is 5.75 Å². The predicted octanol–water partition coefficient (Wildman–Crippen LogP) is 2.28. The van der Waals surface area contributed by atoms with Crippen LogP contribution in [0.4, 0.5) is 0 Å². The molecule has 1 heterocycles. The van der Waals surface area contributed by atoms with Gasteiger partial charge in [-0.2, -0.15) is 5.10 Å². The molecule has 0 saturated carbocycles. The van der Waals surface area contributed by atoms with E-state index in [2.05, 4.69) is 29.5 Å². The third-order valence-electron chi connectivity index (χ3n) is 3.00. The molecule has 4 nitrogen and oxygen atoms in total. The molecule has 96 valence electrons. The van der Waals surface area contributed by atoms with Crippen molar-refractivity contribution >= 4 is 0 Å². The van der Waals surface area contributed by atoms with Crippen LogP contribution >= 0.6 is 0 Å².